The van der Waals surface area contributed by atoms with E-state index in [4.69, 9.17) is 4.74 Å². The molecule has 5 nitrogen and oxygen atoms in total. The highest BCUT2D eigenvalue weighted by Crippen LogP contribution is 2.20. The van der Waals surface area contributed by atoms with Crippen molar-refractivity contribution in [2.45, 2.75) is 19.4 Å². The van der Waals surface area contributed by atoms with Crippen molar-refractivity contribution in [1.82, 2.24) is 5.32 Å². The van der Waals surface area contributed by atoms with E-state index in [2.05, 4.69) is 34.3 Å². The largest absolute Gasteiger partial charge is 0.484 e. The fourth-order valence-electron chi connectivity index (χ4n) is 2.93. The van der Waals surface area contributed by atoms with Gasteiger partial charge in [-0.2, -0.15) is 0 Å². The SMILES string of the molecule is COC(=O)Cc1ccc(OCC(=O)N[C@H](C)c2ccc3ccccc3c2)cc1. The van der Waals surface area contributed by atoms with Crippen molar-refractivity contribution in [2.75, 3.05) is 13.7 Å². The van der Waals surface area contributed by atoms with Gasteiger partial charge in [-0.15, -0.1) is 0 Å². The molecule has 0 radical (unpaired) electrons. The minimum Gasteiger partial charge on any atom is -0.484 e. The van der Waals surface area contributed by atoms with E-state index in [9.17, 15) is 9.59 Å². The molecule has 28 heavy (non-hydrogen) atoms. The molecule has 0 heterocycles. The molecule has 0 fully saturated rings. The van der Waals surface area contributed by atoms with E-state index >= 15 is 0 Å². The number of nitrogens with one attached hydrogen (secondary N) is 1. The zero-order valence-corrected chi connectivity index (χ0v) is 16.0. The first kappa shape index (κ1) is 19.4. The molecule has 1 amide bonds. The summed E-state index contributed by atoms with van der Waals surface area (Å²) in [5, 5.41) is 5.26. The Hall–Kier alpha value is -3.34. The number of fused-ring (bicyclic) bond motifs is 1. The maximum absolute atomic E-state index is 12.2. The van der Waals surface area contributed by atoms with E-state index in [-0.39, 0.29) is 30.9 Å². The molecule has 0 saturated carbocycles. The maximum atomic E-state index is 12.2. The average Bonchev–Trinajstić information content (AvgIpc) is 2.72. The Morgan fingerprint density at radius 3 is 2.39 bits per heavy atom. The standard InChI is InChI=1S/C23H23NO4/c1-16(19-10-9-18-5-3-4-6-20(18)14-19)24-22(25)15-28-21-11-7-17(8-12-21)13-23(26)27-2/h3-12,14,16H,13,15H2,1-2H3,(H,24,25)/t16-/m1/s1. The molecule has 144 valence electrons. The first-order chi connectivity index (χ1) is 13.5. The van der Waals surface area contributed by atoms with Crippen molar-refractivity contribution in [1.29, 1.82) is 0 Å². The molecule has 0 aliphatic rings. The molecule has 0 spiro atoms. The van der Waals surface area contributed by atoms with Crippen LogP contribution in [0.3, 0.4) is 0 Å². The molecule has 0 bridgehead atoms. The average molecular weight is 377 g/mol. The van der Waals surface area contributed by atoms with E-state index in [1.54, 1.807) is 24.3 Å². The topological polar surface area (TPSA) is 64.6 Å². The van der Waals surface area contributed by atoms with Crippen LogP contribution < -0.4 is 10.1 Å². The summed E-state index contributed by atoms with van der Waals surface area (Å²) in [5.41, 5.74) is 1.87. The molecule has 0 unspecified atom stereocenters. The van der Waals surface area contributed by atoms with Gasteiger partial charge >= 0.3 is 5.97 Å². The second kappa shape index (κ2) is 9.04. The summed E-state index contributed by atoms with van der Waals surface area (Å²) in [6.07, 6.45) is 0.209. The third-order valence-electron chi connectivity index (χ3n) is 4.52. The van der Waals surface area contributed by atoms with E-state index in [0.29, 0.717) is 5.75 Å². The van der Waals surface area contributed by atoms with Gasteiger partial charge in [0.15, 0.2) is 6.61 Å². The lowest BCUT2D eigenvalue weighted by molar-refractivity contribution is -0.139. The minimum absolute atomic E-state index is 0.0751. The summed E-state index contributed by atoms with van der Waals surface area (Å²) in [4.78, 5) is 23.5. The third-order valence-corrected chi connectivity index (χ3v) is 4.52. The number of rotatable bonds is 7. The van der Waals surface area contributed by atoms with Crippen molar-refractivity contribution in [3.05, 3.63) is 77.9 Å². The summed E-state index contributed by atoms with van der Waals surface area (Å²) in [7, 11) is 1.36. The van der Waals surface area contributed by atoms with Crippen LogP contribution >= 0.6 is 0 Å². The van der Waals surface area contributed by atoms with Crippen molar-refractivity contribution in [3.8, 4) is 5.75 Å². The Kier molecular flexibility index (Phi) is 6.27. The summed E-state index contributed by atoms with van der Waals surface area (Å²) in [6.45, 7) is 1.87. The Morgan fingerprint density at radius 1 is 0.964 bits per heavy atom. The lowest BCUT2D eigenvalue weighted by Crippen LogP contribution is -2.31. The number of carbonyl (C=O) groups excluding carboxylic acids is 2. The second-order valence-electron chi connectivity index (χ2n) is 6.58. The van der Waals surface area contributed by atoms with Crippen LogP contribution in [0.2, 0.25) is 0 Å². The first-order valence-corrected chi connectivity index (χ1v) is 9.12. The number of hydrogen-bond donors (Lipinski definition) is 1. The highest BCUT2D eigenvalue weighted by molar-refractivity contribution is 5.83. The van der Waals surface area contributed by atoms with Crippen molar-refractivity contribution in [2.24, 2.45) is 0 Å². The van der Waals surface area contributed by atoms with Crippen LogP contribution in [-0.2, 0) is 20.7 Å². The quantitative estimate of drug-likeness (QED) is 0.636. The fourth-order valence-corrected chi connectivity index (χ4v) is 2.93. The van der Waals surface area contributed by atoms with Crippen molar-refractivity contribution < 1.29 is 19.1 Å². The van der Waals surface area contributed by atoms with Crippen LogP contribution in [0.5, 0.6) is 5.75 Å². The van der Waals surface area contributed by atoms with Crippen LogP contribution in [0.4, 0.5) is 0 Å². The van der Waals surface area contributed by atoms with Crippen molar-refractivity contribution in [3.63, 3.8) is 0 Å². The number of methoxy groups -OCH3 is 1. The Labute approximate surface area is 164 Å². The molecular formula is C23H23NO4. The van der Waals surface area contributed by atoms with E-state index < -0.39 is 0 Å². The summed E-state index contributed by atoms with van der Waals surface area (Å²) < 4.78 is 10.2. The molecule has 3 aromatic rings. The maximum Gasteiger partial charge on any atom is 0.309 e. The van der Waals surface area contributed by atoms with Gasteiger partial charge in [0.05, 0.1) is 19.6 Å². The molecule has 3 aromatic carbocycles. The molecule has 0 saturated heterocycles. The number of ether oxygens (including phenoxy) is 2. The molecule has 0 aliphatic heterocycles. The molecule has 1 N–H and O–H groups in total. The third kappa shape index (κ3) is 5.10. The summed E-state index contributed by atoms with van der Waals surface area (Å²) in [5.74, 6) is 0.0807. The van der Waals surface area contributed by atoms with E-state index in [1.807, 2.05) is 25.1 Å². The first-order valence-electron chi connectivity index (χ1n) is 9.12. The van der Waals surface area contributed by atoms with Gasteiger partial charge in [-0.05, 0) is 47.0 Å². The molecule has 3 rings (SSSR count). The van der Waals surface area contributed by atoms with Gasteiger partial charge in [0.25, 0.3) is 5.91 Å². The highest BCUT2D eigenvalue weighted by Gasteiger charge is 2.11. The second-order valence-corrected chi connectivity index (χ2v) is 6.58. The number of carbonyl (C=O) groups is 2. The van der Waals surface area contributed by atoms with Gasteiger partial charge in [-0.25, -0.2) is 0 Å². The number of benzene rings is 3. The summed E-state index contributed by atoms with van der Waals surface area (Å²) in [6, 6.07) is 21.2. The van der Waals surface area contributed by atoms with Crippen molar-refractivity contribution >= 4 is 22.6 Å². The van der Waals surface area contributed by atoms with Crippen LogP contribution in [0.25, 0.3) is 10.8 Å². The Morgan fingerprint density at radius 2 is 1.68 bits per heavy atom. The molecule has 0 aromatic heterocycles. The number of esters is 1. The van der Waals surface area contributed by atoms with Crippen LogP contribution in [0, 0.1) is 0 Å². The van der Waals surface area contributed by atoms with Crippen LogP contribution in [0.1, 0.15) is 24.1 Å². The van der Waals surface area contributed by atoms with Gasteiger partial charge in [-0.1, -0.05) is 48.5 Å². The van der Waals surface area contributed by atoms with Gasteiger partial charge in [0, 0.05) is 0 Å². The Balaban J connectivity index is 1.52. The fraction of sp³-hybridized carbons (Fsp3) is 0.217. The molecule has 0 aliphatic carbocycles. The van der Waals surface area contributed by atoms with Gasteiger partial charge in [0.1, 0.15) is 5.75 Å². The Bertz CT molecular complexity index is 966. The minimum atomic E-state index is -0.296. The number of hydrogen-bond acceptors (Lipinski definition) is 4. The molecule has 1 atom stereocenters. The zero-order valence-electron chi connectivity index (χ0n) is 16.0. The monoisotopic (exact) mass is 377 g/mol. The van der Waals surface area contributed by atoms with Gasteiger partial charge in [-0.3, -0.25) is 9.59 Å². The van der Waals surface area contributed by atoms with Gasteiger partial charge in [0.2, 0.25) is 0 Å². The predicted octanol–water partition coefficient (Wildman–Crippen LogP) is 3.81. The predicted molar refractivity (Wildman–Crippen MR) is 108 cm³/mol. The lowest BCUT2D eigenvalue weighted by atomic mass is 10.0. The normalized spacial score (nSPS) is 11.6. The summed E-state index contributed by atoms with van der Waals surface area (Å²) >= 11 is 0. The van der Waals surface area contributed by atoms with Crippen LogP contribution in [-0.4, -0.2) is 25.6 Å². The van der Waals surface area contributed by atoms with Crippen LogP contribution in [0.15, 0.2) is 66.7 Å². The van der Waals surface area contributed by atoms with Gasteiger partial charge < -0.3 is 14.8 Å². The van der Waals surface area contributed by atoms with E-state index in [0.717, 1.165) is 16.5 Å². The number of amides is 1. The molecular weight excluding hydrogens is 354 g/mol. The highest BCUT2D eigenvalue weighted by atomic mass is 16.5. The lowest BCUT2D eigenvalue weighted by Gasteiger charge is -2.15. The smallest absolute Gasteiger partial charge is 0.309 e. The van der Waals surface area contributed by atoms with E-state index in [1.165, 1.54) is 12.5 Å². The molecule has 5 heteroatoms. The zero-order chi connectivity index (χ0) is 19.9.